The van der Waals surface area contributed by atoms with Gasteiger partial charge in [0.2, 0.25) is 0 Å². The minimum atomic E-state index is -0.451. The van der Waals surface area contributed by atoms with Gasteiger partial charge in [0.25, 0.3) is 0 Å². The molecule has 0 N–H and O–H groups in total. The fourth-order valence-corrected chi connectivity index (χ4v) is 3.89. The molecule has 0 saturated carbocycles. The molecule has 1 saturated heterocycles. The minimum absolute atomic E-state index is 0. The van der Waals surface area contributed by atoms with Crippen LogP contribution in [0.1, 0.15) is 64.4 Å². The van der Waals surface area contributed by atoms with E-state index in [-0.39, 0.29) is 18.4 Å². The lowest BCUT2D eigenvalue weighted by atomic mass is 9.73. The summed E-state index contributed by atoms with van der Waals surface area (Å²) in [7, 11) is 2.18. The molecule has 0 aliphatic carbocycles. The molecule has 142 valence electrons. The summed E-state index contributed by atoms with van der Waals surface area (Å²) < 4.78 is 6.17. The molecule has 4 heteroatoms. The van der Waals surface area contributed by atoms with Gasteiger partial charge < -0.3 is 9.64 Å². The van der Waals surface area contributed by atoms with Gasteiger partial charge in [-0.15, -0.1) is 12.4 Å². The van der Waals surface area contributed by atoms with Crippen molar-refractivity contribution in [1.29, 1.82) is 0 Å². The van der Waals surface area contributed by atoms with Gasteiger partial charge in [-0.3, -0.25) is 4.79 Å². The topological polar surface area (TPSA) is 29.5 Å². The van der Waals surface area contributed by atoms with Crippen molar-refractivity contribution in [2.24, 2.45) is 5.92 Å². The van der Waals surface area contributed by atoms with Crippen LogP contribution in [0.4, 0.5) is 0 Å². The number of unbranched alkanes of at least 4 members (excludes halogenated alkanes) is 3. The van der Waals surface area contributed by atoms with Crippen molar-refractivity contribution < 1.29 is 9.53 Å². The van der Waals surface area contributed by atoms with E-state index in [2.05, 4.69) is 43.1 Å². The Kier molecular flexibility index (Phi) is 9.52. The second-order valence-electron chi connectivity index (χ2n) is 7.14. The monoisotopic (exact) mass is 367 g/mol. The first kappa shape index (κ1) is 22.0. The molecule has 0 radical (unpaired) electrons. The maximum Gasteiger partial charge on any atom is 0.306 e. The molecular weight excluding hydrogens is 334 g/mol. The van der Waals surface area contributed by atoms with Gasteiger partial charge >= 0.3 is 5.97 Å². The fraction of sp³-hybridized carbons (Fsp3) is 0.667. The van der Waals surface area contributed by atoms with E-state index in [1.807, 2.05) is 13.0 Å². The normalized spacial score (nSPS) is 23.7. The molecule has 0 amide bonds. The highest BCUT2D eigenvalue weighted by atomic mass is 35.5. The second-order valence-corrected chi connectivity index (χ2v) is 7.14. The van der Waals surface area contributed by atoms with E-state index in [9.17, 15) is 4.79 Å². The lowest BCUT2D eigenvalue weighted by molar-refractivity contribution is -0.176. The highest BCUT2D eigenvalue weighted by molar-refractivity contribution is 5.85. The molecule has 3 nitrogen and oxygen atoms in total. The van der Waals surface area contributed by atoms with Gasteiger partial charge in [-0.05, 0) is 19.0 Å². The SMILES string of the molecule is CCCCCC[C@@H]1CN(C)CC[C@]1(OC(=O)CC)c1ccccc1.Cl. The summed E-state index contributed by atoms with van der Waals surface area (Å²) in [6.07, 6.45) is 7.46. The number of hydrogen-bond donors (Lipinski definition) is 0. The summed E-state index contributed by atoms with van der Waals surface area (Å²) in [4.78, 5) is 14.6. The Morgan fingerprint density at radius 1 is 1.20 bits per heavy atom. The third kappa shape index (κ3) is 5.72. The van der Waals surface area contributed by atoms with Crippen molar-refractivity contribution in [1.82, 2.24) is 4.90 Å². The number of carbonyl (C=O) groups excluding carboxylic acids is 1. The minimum Gasteiger partial charge on any atom is -0.454 e. The van der Waals surface area contributed by atoms with Crippen molar-refractivity contribution in [3.05, 3.63) is 35.9 Å². The van der Waals surface area contributed by atoms with Crippen LogP contribution >= 0.6 is 12.4 Å². The standard InChI is InChI=1S/C21H33NO2.ClH/c1-4-6-7-9-14-19-17-22(3)16-15-21(19,24-20(23)5-2)18-12-10-8-11-13-18;/h8,10-13,19H,4-7,9,14-17H2,1-3H3;1H/t19-,21+;/m1./s1. The van der Waals surface area contributed by atoms with Crippen LogP contribution in [0.2, 0.25) is 0 Å². The fourth-order valence-electron chi connectivity index (χ4n) is 3.89. The van der Waals surface area contributed by atoms with Crippen molar-refractivity contribution in [2.45, 2.75) is 64.4 Å². The van der Waals surface area contributed by atoms with E-state index in [4.69, 9.17) is 4.74 Å². The summed E-state index contributed by atoms with van der Waals surface area (Å²) in [5.74, 6) is 0.285. The molecule has 1 heterocycles. The summed E-state index contributed by atoms with van der Waals surface area (Å²) in [5.41, 5.74) is 0.716. The number of esters is 1. The molecule has 0 spiro atoms. The zero-order chi connectivity index (χ0) is 17.4. The Labute approximate surface area is 159 Å². The van der Waals surface area contributed by atoms with Crippen LogP contribution in [0.15, 0.2) is 30.3 Å². The van der Waals surface area contributed by atoms with Crippen LogP contribution in [0, 0.1) is 5.92 Å². The third-order valence-corrected chi connectivity index (χ3v) is 5.31. The van der Waals surface area contributed by atoms with Gasteiger partial charge in [0, 0.05) is 31.8 Å². The molecular formula is C21H34ClNO2. The number of piperidine rings is 1. The average Bonchev–Trinajstić information content (AvgIpc) is 2.61. The van der Waals surface area contributed by atoms with E-state index < -0.39 is 5.60 Å². The molecule has 2 atom stereocenters. The number of rotatable bonds is 8. The smallest absolute Gasteiger partial charge is 0.306 e. The van der Waals surface area contributed by atoms with E-state index in [0.29, 0.717) is 12.3 Å². The van der Waals surface area contributed by atoms with E-state index in [1.165, 1.54) is 31.2 Å². The number of hydrogen-bond acceptors (Lipinski definition) is 3. The van der Waals surface area contributed by atoms with Crippen LogP contribution in [0.25, 0.3) is 0 Å². The average molecular weight is 368 g/mol. The molecule has 0 aromatic heterocycles. The van der Waals surface area contributed by atoms with Crippen molar-refractivity contribution in [3.8, 4) is 0 Å². The summed E-state index contributed by atoms with van der Waals surface area (Å²) in [5, 5.41) is 0. The number of ether oxygens (including phenoxy) is 1. The highest BCUT2D eigenvalue weighted by Crippen LogP contribution is 2.43. The molecule has 0 bridgehead atoms. The second kappa shape index (κ2) is 10.8. The zero-order valence-electron chi connectivity index (χ0n) is 16.0. The predicted molar refractivity (Wildman–Crippen MR) is 106 cm³/mol. The summed E-state index contributed by atoms with van der Waals surface area (Å²) in [6, 6.07) is 10.4. The van der Waals surface area contributed by atoms with Crippen LogP contribution in [-0.4, -0.2) is 31.0 Å². The number of nitrogens with zero attached hydrogens (tertiary/aromatic N) is 1. The molecule has 1 aromatic rings. The van der Waals surface area contributed by atoms with Gasteiger partial charge in [0.15, 0.2) is 0 Å². The molecule has 1 aromatic carbocycles. The van der Waals surface area contributed by atoms with Gasteiger partial charge in [-0.2, -0.15) is 0 Å². The van der Waals surface area contributed by atoms with E-state index >= 15 is 0 Å². The van der Waals surface area contributed by atoms with Crippen LogP contribution in [0.3, 0.4) is 0 Å². The molecule has 2 rings (SSSR count). The lowest BCUT2D eigenvalue weighted by Gasteiger charge is -2.47. The van der Waals surface area contributed by atoms with Crippen molar-refractivity contribution in [2.75, 3.05) is 20.1 Å². The van der Waals surface area contributed by atoms with Gasteiger partial charge in [0.1, 0.15) is 5.60 Å². The van der Waals surface area contributed by atoms with E-state index in [0.717, 1.165) is 25.9 Å². The Morgan fingerprint density at radius 2 is 1.92 bits per heavy atom. The summed E-state index contributed by atoms with van der Waals surface area (Å²) in [6.45, 7) is 6.09. The number of halogens is 1. The van der Waals surface area contributed by atoms with Crippen molar-refractivity contribution >= 4 is 18.4 Å². The van der Waals surface area contributed by atoms with Crippen molar-refractivity contribution in [3.63, 3.8) is 0 Å². The first-order chi connectivity index (χ1) is 11.6. The van der Waals surface area contributed by atoms with Crippen LogP contribution in [-0.2, 0) is 15.1 Å². The molecule has 1 aliphatic rings. The largest absolute Gasteiger partial charge is 0.454 e. The number of likely N-dealkylation sites (tertiary alicyclic amines) is 1. The predicted octanol–water partition coefficient (Wildman–Crippen LogP) is 5.18. The molecule has 1 fully saturated rings. The summed E-state index contributed by atoms with van der Waals surface area (Å²) >= 11 is 0. The molecule has 25 heavy (non-hydrogen) atoms. The lowest BCUT2D eigenvalue weighted by Crippen LogP contribution is -2.51. The Morgan fingerprint density at radius 3 is 2.56 bits per heavy atom. The Bertz CT molecular complexity index is 508. The van der Waals surface area contributed by atoms with Crippen LogP contribution < -0.4 is 0 Å². The Balaban J connectivity index is 0.00000312. The third-order valence-electron chi connectivity index (χ3n) is 5.31. The van der Waals surface area contributed by atoms with E-state index in [1.54, 1.807) is 0 Å². The van der Waals surface area contributed by atoms with Gasteiger partial charge in [-0.25, -0.2) is 0 Å². The maximum absolute atomic E-state index is 12.2. The first-order valence-corrected chi connectivity index (χ1v) is 9.58. The first-order valence-electron chi connectivity index (χ1n) is 9.58. The Hall–Kier alpha value is -1.06. The molecule has 0 unspecified atom stereocenters. The highest BCUT2D eigenvalue weighted by Gasteiger charge is 2.46. The van der Waals surface area contributed by atoms with Crippen LogP contribution in [0.5, 0.6) is 0 Å². The number of benzene rings is 1. The zero-order valence-corrected chi connectivity index (χ0v) is 16.8. The number of carbonyl (C=O) groups is 1. The quantitative estimate of drug-likeness (QED) is 0.468. The molecule has 1 aliphatic heterocycles. The van der Waals surface area contributed by atoms with Gasteiger partial charge in [-0.1, -0.05) is 69.9 Å². The van der Waals surface area contributed by atoms with Gasteiger partial charge in [0.05, 0.1) is 0 Å². The maximum atomic E-state index is 12.2.